The molecule has 0 unspecified atom stereocenters. The van der Waals surface area contributed by atoms with E-state index >= 15 is 0 Å². The summed E-state index contributed by atoms with van der Waals surface area (Å²) in [6.45, 7) is 6.15. The molecule has 5 nitrogen and oxygen atoms in total. The Morgan fingerprint density at radius 2 is 1.91 bits per heavy atom. The van der Waals surface area contributed by atoms with Gasteiger partial charge in [-0.1, -0.05) is 24.4 Å². The van der Waals surface area contributed by atoms with Crippen LogP contribution in [0.4, 0.5) is 0 Å². The molecule has 5 heteroatoms. The van der Waals surface area contributed by atoms with Crippen molar-refractivity contribution in [3.63, 3.8) is 0 Å². The maximum atomic E-state index is 9.79. The monoisotopic (exact) mass is 435 g/mol. The van der Waals surface area contributed by atoms with Gasteiger partial charge in [-0.25, -0.2) is 0 Å². The first-order chi connectivity index (χ1) is 15.7. The second-order valence-electron chi connectivity index (χ2n) is 10.7. The minimum atomic E-state index is -0.0796. The van der Waals surface area contributed by atoms with E-state index < -0.39 is 0 Å². The molecule has 0 radical (unpaired) electrons. The predicted molar refractivity (Wildman–Crippen MR) is 126 cm³/mol. The maximum Gasteiger partial charge on any atom is 0.173 e. The summed E-state index contributed by atoms with van der Waals surface area (Å²) in [5.41, 5.74) is 2.97. The van der Waals surface area contributed by atoms with E-state index in [1.165, 1.54) is 44.9 Å². The third kappa shape index (κ3) is 4.81. The van der Waals surface area contributed by atoms with Crippen LogP contribution in [0, 0.1) is 35.5 Å². The van der Waals surface area contributed by atoms with Crippen LogP contribution in [-0.4, -0.2) is 36.3 Å². The van der Waals surface area contributed by atoms with Gasteiger partial charge in [-0.15, -0.1) is 0 Å². The van der Waals surface area contributed by atoms with Gasteiger partial charge in [0, 0.05) is 17.5 Å². The number of fused-ring (bicyclic) bond motifs is 1. The molecule has 2 heterocycles. The summed E-state index contributed by atoms with van der Waals surface area (Å²) in [6, 6.07) is 6.91. The van der Waals surface area contributed by atoms with Gasteiger partial charge in [-0.05, 0) is 95.3 Å². The van der Waals surface area contributed by atoms with Crippen LogP contribution in [0.1, 0.15) is 75.5 Å². The summed E-state index contributed by atoms with van der Waals surface area (Å²) >= 11 is 0. The first-order valence-electron chi connectivity index (χ1n) is 12.8. The molecule has 0 amide bonds. The van der Waals surface area contributed by atoms with E-state index in [1.807, 2.05) is 0 Å². The molecule has 3 aliphatic rings. The van der Waals surface area contributed by atoms with Gasteiger partial charge in [-0.2, -0.15) is 5.26 Å². The minimum Gasteiger partial charge on any atom is -0.493 e. The van der Waals surface area contributed by atoms with Crippen molar-refractivity contribution in [2.75, 3.05) is 26.2 Å². The van der Waals surface area contributed by atoms with E-state index in [1.54, 1.807) is 0 Å². The third-order valence-corrected chi connectivity index (χ3v) is 8.16. The Balaban J connectivity index is 1.13. The SMILES string of the molecule is Cc1c(OCC2CC2)ccc2c(CCC3CCN(CC4(C#N)CCCCC4)CC3)noc12. The Morgan fingerprint density at radius 3 is 2.62 bits per heavy atom. The molecule has 2 aliphatic carbocycles. The van der Waals surface area contributed by atoms with E-state index in [9.17, 15) is 5.26 Å². The fourth-order valence-corrected chi connectivity index (χ4v) is 5.73. The number of aryl methyl sites for hydroxylation is 2. The maximum absolute atomic E-state index is 9.79. The Bertz CT molecular complexity index is 957. The molecular formula is C27H37N3O2. The fraction of sp³-hybridized carbons (Fsp3) is 0.704. The highest BCUT2D eigenvalue weighted by Gasteiger charge is 2.35. The number of nitriles is 1. The lowest BCUT2D eigenvalue weighted by molar-refractivity contribution is 0.112. The highest BCUT2D eigenvalue weighted by Crippen LogP contribution is 2.38. The van der Waals surface area contributed by atoms with E-state index in [0.29, 0.717) is 0 Å². The number of benzene rings is 1. The molecule has 0 bridgehead atoms. The van der Waals surface area contributed by atoms with E-state index in [4.69, 9.17) is 9.26 Å². The lowest BCUT2D eigenvalue weighted by atomic mass is 9.74. The molecule has 1 aliphatic heterocycles. The van der Waals surface area contributed by atoms with Crippen molar-refractivity contribution in [2.24, 2.45) is 17.3 Å². The van der Waals surface area contributed by atoms with Crippen molar-refractivity contribution in [2.45, 2.75) is 77.6 Å². The van der Waals surface area contributed by atoms with Crippen molar-refractivity contribution in [1.29, 1.82) is 5.26 Å². The predicted octanol–water partition coefficient (Wildman–Crippen LogP) is 6.04. The first-order valence-corrected chi connectivity index (χ1v) is 12.8. The Labute approximate surface area is 192 Å². The Kier molecular flexibility index (Phi) is 6.42. The minimum absolute atomic E-state index is 0.0796. The lowest BCUT2D eigenvalue weighted by Gasteiger charge is -2.39. The summed E-state index contributed by atoms with van der Waals surface area (Å²) < 4.78 is 11.7. The van der Waals surface area contributed by atoms with Gasteiger partial charge in [0.05, 0.1) is 23.8 Å². The normalized spacial score (nSPS) is 22.1. The summed E-state index contributed by atoms with van der Waals surface area (Å²) in [7, 11) is 0. The van der Waals surface area contributed by atoms with E-state index in [2.05, 4.69) is 35.2 Å². The van der Waals surface area contributed by atoms with Crippen LogP contribution < -0.4 is 4.74 Å². The first kappa shape index (κ1) is 21.8. The van der Waals surface area contributed by atoms with Crippen molar-refractivity contribution in [1.82, 2.24) is 10.1 Å². The molecule has 1 saturated heterocycles. The van der Waals surface area contributed by atoms with Crippen LogP contribution in [0.3, 0.4) is 0 Å². The molecule has 1 aromatic heterocycles. The summed E-state index contributed by atoms with van der Waals surface area (Å²) in [6.07, 6.45) is 13.1. The number of rotatable bonds is 8. The quantitative estimate of drug-likeness (QED) is 0.505. The van der Waals surface area contributed by atoms with E-state index in [-0.39, 0.29) is 5.41 Å². The Morgan fingerprint density at radius 1 is 1.12 bits per heavy atom. The summed E-state index contributed by atoms with van der Waals surface area (Å²) in [5, 5.41) is 15.4. The number of ether oxygens (including phenoxy) is 1. The van der Waals surface area contributed by atoms with Crippen molar-refractivity contribution in [3.05, 3.63) is 23.4 Å². The molecule has 0 atom stereocenters. The van der Waals surface area contributed by atoms with Crippen LogP contribution in [0.15, 0.2) is 16.7 Å². The van der Waals surface area contributed by atoms with Gasteiger partial charge >= 0.3 is 0 Å². The molecule has 0 spiro atoms. The van der Waals surface area contributed by atoms with Crippen LogP contribution >= 0.6 is 0 Å². The standard InChI is InChI=1S/C27H37N3O2/c1-20-25(31-17-22-5-6-22)10-8-23-24(29-32-26(20)23)9-7-21-11-15-30(16-12-21)19-27(18-28)13-3-2-4-14-27/h8,10,21-22H,2-7,9,11-17,19H2,1H3. The summed E-state index contributed by atoms with van der Waals surface area (Å²) in [4.78, 5) is 2.56. The van der Waals surface area contributed by atoms with Gasteiger partial charge in [0.2, 0.25) is 0 Å². The highest BCUT2D eigenvalue weighted by molar-refractivity contribution is 5.84. The van der Waals surface area contributed by atoms with Crippen molar-refractivity contribution < 1.29 is 9.26 Å². The zero-order valence-corrected chi connectivity index (χ0v) is 19.6. The van der Waals surface area contributed by atoms with Gasteiger partial charge in [0.15, 0.2) is 5.58 Å². The second kappa shape index (κ2) is 9.43. The van der Waals surface area contributed by atoms with Crippen molar-refractivity contribution in [3.8, 4) is 11.8 Å². The van der Waals surface area contributed by atoms with Gasteiger partial charge < -0.3 is 14.2 Å². The second-order valence-corrected chi connectivity index (χ2v) is 10.7. The van der Waals surface area contributed by atoms with Gasteiger partial charge in [-0.3, -0.25) is 0 Å². The molecule has 1 aromatic carbocycles. The average molecular weight is 436 g/mol. The smallest absolute Gasteiger partial charge is 0.173 e. The molecule has 32 heavy (non-hydrogen) atoms. The van der Waals surface area contributed by atoms with Gasteiger partial charge in [0.25, 0.3) is 0 Å². The zero-order chi connectivity index (χ0) is 22.0. The fourth-order valence-electron chi connectivity index (χ4n) is 5.73. The number of hydrogen-bond donors (Lipinski definition) is 0. The van der Waals surface area contributed by atoms with Crippen LogP contribution in [0.5, 0.6) is 5.75 Å². The third-order valence-electron chi connectivity index (χ3n) is 8.16. The molecule has 172 valence electrons. The summed E-state index contributed by atoms with van der Waals surface area (Å²) in [5.74, 6) is 2.42. The topological polar surface area (TPSA) is 62.3 Å². The van der Waals surface area contributed by atoms with Crippen LogP contribution in [-0.2, 0) is 6.42 Å². The lowest BCUT2D eigenvalue weighted by Crippen LogP contribution is -2.42. The molecule has 0 N–H and O–H groups in total. The largest absolute Gasteiger partial charge is 0.493 e. The van der Waals surface area contributed by atoms with Crippen LogP contribution in [0.2, 0.25) is 0 Å². The molecule has 2 saturated carbocycles. The molecule has 3 fully saturated rings. The van der Waals surface area contributed by atoms with Crippen molar-refractivity contribution >= 4 is 11.0 Å². The number of hydrogen-bond acceptors (Lipinski definition) is 5. The number of aromatic nitrogens is 1. The molecule has 2 aromatic rings. The number of likely N-dealkylation sites (tertiary alicyclic amines) is 1. The molecular weight excluding hydrogens is 398 g/mol. The molecule has 5 rings (SSSR count). The number of nitrogens with zero attached hydrogens (tertiary/aromatic N) is 3. The average Bonchev–Trinajstić information content (AvgIpc) is 3.57. The zero-order valence-electron chi connectivity index (χ0n) is 19.6. The Hall–Kier alpha value is -2.06. The van der Waals surface area contributed by atoms with Crippen LogP contribution in [0.25, 0.3) is 11.0 Å². The number of piperidine rings is 1. The highest BCUT2D eigenvalue weighted by atomic mass is 16.5. The van der Waals surface area contributed by atoms with Gasteiger partial charge in [0.1, 0.15) is 5.75 Å². The van der Waals surface area contributed by atoms with E-state index in [0.717, 1.165) is 91.7 Å².